The maximum atomic E-state index is 12.5. The highest BCUT2D eigenvalue weighted by Gasteiger charge is 2.25. The number of anilines is 2. The van der Waals surface area contributed by atoms with Crippen LogP contribution in [0.2, 0.25) is 0 Å². The van der Waals surface area contributed by atoms with Crippen LogP contribution in [0.5, 0.6) is 0 Å². The van der Waals surface area contributed by atoms with E-state index in [4.69, 9.17) is 5.73 Å². The van der Waals surface area contributed by atoms with E-state index in [0.717, 1.165) is 62.0 Å². The van der Waals surface area contributed by atoms with E-state index in [0.29, 0.717) is 16.7 Å². The van der Waals surface area contributed by atoms with Gasteiger partial charge in [-0.25, -0.2) is 9.98 Å². The van der Waals surface area contributed by atoms with Gasteiger partial charge in [0.2, 0.25) is 0 Å². The molecule has 2 aromatic rings. The van der Waals surface area contributed by atoms with Gasteiger partial charge in [-0.1, -0.05) is 6.58 Å². The molecule has 29 heavy (non-hydrogen) atoms. The van der Waals surface area contributed by atoms with Gasteiger partial charge in [0.25, 0.3) is 5.56 Å². The molecule has 0 saturated carbocycles. The Bertz CT molecular complexity index is 1070. The van der Waals surface area contributed by atoms with Gasteiger partial charge in [-0.05, 0) is 81.9 Å². The lowest BCUT2D eigenvalue weighted by Gasteiger charge is -2.35. The Morgan fingerprint density at radius 3 is 2.66 bits per heavy atom. The zero-order valence-electron chi connectivity index (χ0n) is 17.4. The van der Waals surface area contributed by atoms with Gasteiger partial charge in [-0.2, -0.15) is 0 Å². The van der Waals surface area contributed by atoms with E-state index < -0.39 is 0 Å². The summed E-state index contributed by atoms with van der Waals surface area (Å²) in [4.78, 5) is 29.0. The number of likely N-dealkylation sites (tertiary alicyclic amines) is 1. The lowest BCUT2D eigenvalue weighted by molar-refractivity contribution is 0.184. The minimum atomic E-state index is -0.239. The molecule has 3 heterocycles. The van der Waals surface area contributed by atoms with Crippen LogP contribution in [0.15, 0.2) is 21.9 Å². The molecule has 0 aliphatic carbocycles. The fraction of sp³-hybridized carbons (Fsp3) is 0.500. The molecule has 0 radical (unpaired) electrons. The molecule has 1 aromatic carbocycles. The molecule has 4 rings (SSSR count). The summed E-state index contributed by atoms with van der Waals surface area (Å²) in [5.74, 6) is 1.36. The topological polar surface area (TPSA) is 90.6 Å². The standard InChI is InChI=1S/C22H30N6O/c1-14-12-18-19(13-15(14)2)28(21-20(26-18)22(29)25-16(3)24-21)11-10-27-8-5-17(4-7-23)6-9-27/h12-13,17H,3-11,23H2,1-2H3,(H,25,29). The first-order valence-electron chi connectivity index (χ1n) is 10.5. The van der Waals surface area contributed by atoms with Gasteiger partial charge >= 0.3 is 0 Å². The molecular weight excluding hydrogens is 364 g/mol. The summed E-state index contributed by atoms with van der Waals surface area (Å²) >= 11 is 0. The van der Waals surface area contributed by atoms with Gasteiger partial charge < -0.3 is 20.5 Å². The highest BCUT2D eigenvalue weighted by atomic mass is 16.1. The third kappa shape index (κ3) is 3.97. The Hall–Kier alpha value is -2.51. The number of nitrogens with one attached hydrogen (secondary N) is 1. The normalized spacial score (nSPS) is 17.0. The Kier molecular flexibility index (Phi) is 5.52. The van der Waals surface area contributed by atoms with Crippen molar-refractivity contribution in [3.05, 3.63) is 44.5 Å². The summed E-state index contributed by atoms with van der Waals surface area (Å²) < 4.78 is 0. The summed E-state index contributed by atoms with van der Waals surface area (Å²) in [6.45, 7) is 12.7. The molecule has 1 saturated heterocycles. The SMILES string of the molecule is C=c1nc2c(c(=O)[nH]1)=Nc1cc(C)c(C)cc1N2CCN1CCC(CCN)CC1. The Labute approximate surface area is 171 Å². The number of hydrogen-bond acceptors (Lipinski definition) is 6. The van der Waals surface area contributed by atoms with Crippen molar-refractivity contribution in [3.8, 4) is 0 Å². The van der Waals surface area contributed by atoms with Crippen molar-refractivity contribution in [3.63, 3.8) is 0 Å². The van der Waals surface area contributed by atoms with Gasteiger partial charge in [-0.3, -0.25) is 4.79 Å². The van der Waals surface area contributed by atoms with Crippen molar-refractivity contribution in [2.45, 2.75) is 33.1 Å². The number of nitrogens with zero attached hydrogens (tertiary/aromatic N) is 4. The first-order valence-corrected chi connectivity index (χ1v) is 10.5. The van der Waals surface area contributed by atoms with Crippen molar-refractivity contribution in [1.82, 2.24) is 14.9 Å². The summed E-state index contributed by atoms with van der Waals surface area (Å²) in [5.41, 5.74) is 10.0. The van der Waals surface area contributed by atoms with E-state index in [2.05, 4.69) is 57.3 Å². The van der Waals surface area contributed by atoms with E-state index in [9.17, 15) is 4.79 Å². The Balaban J connectivity index is 1.63. The highest BCUT2D eigenvalue weighted by Crippen LogP contribution is 2.36. The Morgan fingerprint density at radius 1 is 1.21 bits per heavy atom. The van der Waals surface area contributed by atoms with Crippen molar-refractivity contribution in [1.29, 1.82) is 0 Å². The van der Waals surface area contributed by atoms with Crippen LogP contribution in [0, 0.1) is 19.8 Å². The molecule has 0 bridgehead atoms. The van der Waals surface area contributed by atoms with Crippen LogP contribution in [0.4, 0.5) is 17.2 Å². The molecule has 0 atom stereocenters. The van der Waals surface area contributed by atoms with E-state index in [1.54, 1.807) is 0 Å². The minimum Gasteiger partial charge on any atom is -0.330 e. The number of rotatable bonds is 5. The number of piperidine rings is 1. The first-order chi connectivity index (χ1) is 14.0. The first kappa shape index (κ1) is 19.8. The third-order valence-corrected chi connectivity index (χ3v) is 6.22. The number of nitrogens with two attached hydrogens (primary N) is 1. The van der Waals surface area contributed by atoms with E-state index >= 15 is 0 Å². The van der Waals surface area contributed by atoms with Crippen LogP contribution in [-0.4, -0.2) is 47.6 Å². The molecule has 154 valence electrons. The Morgan fingerprint density at radius 2 is 1.93 bits per heavy atom. The zero-order valence-corrected chi connectivity index (χ0v) is 17.4. The van der Waals surface area contributed by atoms with E-state index in [1.165, 1.54) is 18.4 Å². The van der Waals surface area contributed by atoms with Gasteiger partial charge in [-0.15, -0.1) is 0 Å². The molecule has 0 amide bonds. The van der Waals surface area contributed by atoms with Crippen LogP contribution >= 0.6 is 0 Å². The summed E-state index contributed by atoms with van der Waals surface area (Å²) in [7, 11) is 0. The zero-order chi connectivity index (χ0) is 20.5. The molecule has 0 spiro atoms. The molecule has 7 nitrogen and oxygen atoms in total. The number of hydrogen-bond donors (Lipinski definition) is 2. The van der Waals surface area contributed by atoms with Gasteiger partial charge in [0.05, 0.1) is 11.4 Å². The van der Waals surface area contributed by atoms with Crippen LogP contribution in [0.1, 0.15) is 30.4 Å². The second kappa shape index (κ2) is 8.08. The molecule has 7 heteroatoms. The number of fused-ring (bicyclic) bond motifs is 2. The fourth-order valence-electron chi connectivity index (χ4n) is 4.32. The predicted molar refractivity (Wildman–Crippen MR) is 117 cm³/mol. The van der Waals surface area contributed by atoms with Crippen molar-refractivity contribution in [2.24, 2.45) is 16.6 Å². The van der Waals surface area contributed by atoms with Crippen molar-refractivity contribution in [2.75, 3.05) is 37.6 Å². The average molecular weight is 395 g/mol. The van der Waals surface area contributed by atoms with Gasteiger partial charge in [0, 0.05) is 13.1 Å². The monoisotopic (exact) mass is 394 g/mol. The maximum absolute atomic E-state index is 12.5. The maximum Gasteiger partial charge on any atom is 0.279 e. The largest absolute Gasteiger partial charge is 0.330 e. The molecule has 2 aliphatic heterocycles. The number of aromatic amines is 1. The third-order valence-electron chi connectivity index (χ3n) is 6.22. The minimum absolute atomic E-state index is 0.239. The van der Waals surface area contributed by atoms with Crippen molar-refractivity contribution < 1.29 is 0 Å². The smallest absolute Gasteiger partial charge is 0.279 e. The lowest BCUT2D eigenvalue weighted by Crippen LogP contribution is -2.45. The number of aromatic nitrogens is 2. The number of benzene rings is 1. The number of aryl methyl sites for hydroxylation is 2. The quantitative estimate of drug-likeness (QED) is 0.797. The highest BCUT2D eigenvalue weighted by molar-refractivity contribution is 5.77. The fourth-order valence-corrected chi connectivity index (χ4v) is 4.32. The van der Waals surface area contributed by atoms with Gasteiger partial charge in [0.1, 0.15) is 5.48 Å². The number of H-pyrrole nitrogens is 1. The molecule has 1 fully saturated rings. The average Bonchev–Trinajstić information content (AvgIpc) is 2.68. The van der Waals surface area contributed by atoms with Crippen LogP contribution in [-0.2, 0) is 0 Å². The second-order valence-electron chi connectivity index (χ2n) is 8.24. The molecule has 0 unspecified atom stereocenters. The van der Waals surface area contributed by atoms with Crippen LogP contribution in [0.3, 0.4) is 0 Å². The summed E-state index contributed by atoms with van der Waals surface area (Å²) in [5, 5.41) is 0.370. The molecule has 1 aromatic heterocycles. The van der Waals surface area contributed by atoms with Crippen LogP contribution in [0.25, 0.3) is 6.58 Å². The van der Waals surface area contributed by atoms with Crippen LogP contribution < -0.4 is 27.0 Å². The lowest BCUT2D eigenvalue weighted by atomic mass is 9.94. The van der Waals surface area contributed by atoms with Crippen molar-refractivity contribution >= 4 is 23.8 Å². The predicted octanol–water partition coefficient (Wildman–Crippen LogP) is 1.26. The molecular formula is C22H30N6O. The molecule has 2 aliphatic rings. The summed E-state index contributed by atoms with van der Waals surface area (Å²) in [6.07, 6.45) is 3.54. The second-order valence-corrected chi connectivity index (χ2v) is 8.24. The van der Waals surface area contributed by atoms with E-state index in [1.807, 2.05) is 0 Å². The molecule has 3 N–H and O–H groups in total. The van der Waals surface area contributed by atoms with E-state index in [-0.39, 0.29) is 5.56 Å². The summed E-state index contributed by atoms with van der Waals surface area (Å²) in [6, 6.07) is 4.20. The van der Waals surface area contributed by atoms with Gasteiger partial charge in [0.15, 0.2) is 11.2 Å².